The standard InChI is InChI=1S/C14H20O/c1-12-6-5-9-14(15,10-12)11-13-7-3-2-4-8-13/h2-4,7-8,12,15H,5-6,9-11H2,1H3/t12-,14-/m0/s1. The van der Waals surface area contributed by atoms with Gasteiger partial charge in [-0.15, -0.1) is 0 Å². The Morgan fingerprint density at radius 1 is 1.33 bits per heavy atom. The largest absolute Gasteiger partial charge is 0.390 e. The molecule has 1 saturated carbocycles. The van der Waals surface area contributed by atoms with Crippen molar-refractivity contribution in [1.29, 1.82) is 0 Å². The maximum Gasteiger partial charge on any atom is 0.0690 e. The van der Waals surface area contributed by atoms with Crippen LogP contribution in [0.25, 0.3) is 0 Å². The fourth-order valence-electron chi connectivity index (χ4n) is 2.77. The summed E-state index contributed by atoms with van der Waals surface area (Å²) in [7, 11) is 0. The highest BCUT2D eigenvalue weighted by Gasteiger charge is 2.32. The molecule has 0 saturated heterocycles. The molecule has 0 bridgehead atoms. The van der Waals surface area contributed by atoms with E-state index in [9.17, 15) is 5.11 Å². The summed E-state index contributed by atoms with van der Waals surface area (Å²) in [5.41, 5.74) is 0.813. The number of hydrogen-bond acceptors (Lipinski definition) is 1. The van der Waals surface area contributed by atoms with Crippen LogP contribution in [0.4, 0.5) is 0 Å². The van der Waals surface area contributed by atoms with Crippen molar-refractivity contribution < 1.29 is 5.11 Å². The highest BCUT2D eigenvalue weighted by atomic mass is 16.3. The molecule has 0 heterocycles. The van der Waals surface area contributed by atoms with Gasteiger partial charge in [0.2, 0.25) is 0 Å². The first-order valence-corrected chi connectivity index (χ1v) is 5.94. The van der Waals surface area contributed by atoms with E-state index in [2.05, 4.69) is 19.1 Å². The summed E-state index contributed by atoms with van der Waals surface area (Å²) in [6.45, 7) is 2.25. The van der Waals surface area contributed by atoms with E-state index in [1.165, 1.54) is 18.4 Å². The molecule has 82 valence electrons. The van der Waals surface area contributed by atoms with Gasteiger partial charge in [-0.3, -0.25) is 0 Å². The smallest absolute Gasteiger partial charge is 0.0690 e. The lowest BCUT2D eigenvalue weighted by molar-refractivity contribution is -0.0123. The van der Waals surface area contributed by atoms with Crippen molar-refractivity contribution in [2.75, 3.05) is 0 Å². The first kappa shape index (κ1) is 10.7. The summed E-state index contributed by atoms with van der Waals surface area (Å²) in [5.74, 6) is 0.674. The lowest BCUT2D eigenvalue weighted by atomic mass is 9.76. The molecule has 1 heteroatoms. The third kappa shape index (κ3) is 2.82. The minimum Gasteiger partial charge on any atom is -0.390 e. The number of aliphatic hydroxyl groups is 1. The van der Waals surface area contributed by atoms with Gasteiger partial charge in [-0.25, -0.2) is 0 Å². The predicted molar refractivity (Wildman–Crippen MR) is 62.7 cm³/mol. The molecule has 2 atom stereocenters. The third-order valence-corrected chi connectivity index (χ3v) is 3.44. The van der Waals surface area contributed by atoms with Gasteiger partial charge in [0.05, 0.1) is 5.60 Å². The quantitative estimate of drug-likeness (QED) is 0.784. The minimum atomic E-state index is -0.445. The van der Waals surface area contributed by atoms with Gasteiger partial charge in [0.15, 0.2) is 0 Å². The van der Waals surface area contributed by atoms with Crippen molar-refractivity contribution in [2.45, 2.75) is 44.6 Å². The Kier molecular flexibility index (Phi) is 3.11. The van der Waals surface area contributed by atoms with Crippen molar-refractivity contribution in [3.8, 4) is 0 Å². The Balaban J connectivity index is 2.04. The SMILES string of the molecule is C[C@H]1CCC[C@@](O)(Cc2ccccc2)C1. The molecule has 2 rings (SSSR count). The van der Waals surface area contributed by atoms with E-state index in [1.54, 1.807) is 0 Å². The van der Waals surface area contributed by atoms with Crippen LogP contribution in [0.1, 0.15) is 38.2 Å². The van der Waals surface area contributed by atoms with Crippen molar-refractivity contribution in [1.82, 2.24) is 0 Å². The summed E-state index contributed by atoms with van der Waals surface area (Å²) in [4.78, 5) is 0. The molecule has 1 aromatic carbocycles. The molecule has 1 fully saturated rings. The monoisotopic (exact) mass is 204 g/mol. The number of hydrogen-bond donors (Lipinski definition) is 1. The molecule has 15 heavy (non-hydrogen) atoms. The molecule has 1 aromatic rings. The highest BCUT2D eigenvalue weighted by Crippen LogP contribution is 2.34. The topological polar surface area (TPSA) is 20.2 Å². The van der Waals surface area contributed by atoms with Crippen molar-refractivity contribution >= 4 is 0 Å². The third-order valence-electron chi connectivity index (χ3n) is 3.44. The summed E-state index contributed by atoms with van der Waals surface area (Å²) in [5, 5.41) is 10.5. The second-order valence-corrected chi connectivity index (χ2v) is 5.09. The van der Waals surface area contributed by atoms with Crippen LogP contribution in [0.15, 0.2) is 30.3 Å². The molecule has 1 N–H and O–H groups in total. The second-order valence-electron chi connectivity index (χ2n) is 5.09. The molecule has 1 nitrogen and oxygen atoms in total. The van der Waals surface area contributed by atoms with Gasteiger partial charge in [0, 0.05) is 6.42 Å². The summed E-state index contributed by atoms with van der Waals surface area (Å²) in [6, 6.07) is 10.3. The van der Waals surface area contributed by atoms with Crippen LogP contribution >= 0.6 is 0 Å². The maximum atomic E-state index is 10.5. The highest BCUT2D eigenvalue weighted by molar-refractivity contribution is 5.17. The fraction of sp³-hybridized carbons (Fsp3) is 0.571. The fourth-order valence-corrected chi connectivity index (χ4v) is 2.77. The van der Waals surface area contributed by atoms with E-state index >= 15 is 0 Å². The second kappa shape index (κ2) is 4.36. The molecule has 0 radical (unpaired) electrons. The Labute approximate surface area is 92.1 Å². The average molecular weight is 204 g/mol. The zero-order chi connectivity index (χ0) is 10.7. The van der Waals surface area contributed by atoms with Gasteiger partial charge >= 0.3 is 0 Å². The van der Waals surface area contributed by atoms with E-state index in [4.69, 9.17) is 0 Å². The van der Waals surface area contributed by atoms with Crippen molar-refractivity contribution in [3.05, 3.63) is 35.9 Å². The minimum absolute atomic E-state index is 0.445. The molecule has 0 amide bonds. The van der Waals surface area contributed by atoms with Crippen LogP contribution in [0.5, 0.6) is 0 Å². The Bertz CT molecular complexity index is 306. The molecular formula is C14H20O. The van der Waals surface area contributed by atoms with E-state index in [-0.39, 0.29) is 0 Å². The van der Waals surface area contributed by atoms with Gasteiger partial charge in [-0.1, -0.05) is 50.1 Å². The first-order chi connectivity index (χ1) is 7.18. The van der Waals surface area contributed by atoms with E-state index in [0.29, 0.717) is 5.92 Å². The number of rotatable bonds is 2. The Hall–Kier alpha value is -0.820. The van der Waals surface area contributed by atoms with Crippen LogP contribution < -0.4 is 0 Å². The molecule has 0 aliphatic heterocycles. The van der Waals surface area contributed by atoms with Crippen molar-refractivity contribution in [2.24, 2.45) is 5.92 Å². The van der Waals surface area contributed by atoms with Gasteiger partial charge in [-0.05, 0) is 24.3 Å². The molecule has 1 aliphatic carbocycles. The Morgan fingerprint density at radius 2 is 2.07 bits per heavy atom. The Morgan fingerprint density at radius 3 is 2.73 bits per heavy atom. The zero-order valence-electron chi connectivity index (χ0n) is 9.45. The lowest BCUT2D eigenvalue weighted by Crippen LogP contribution is -2.36. The normalized spacial score (nSPS) is 31.5. The molecule has 0 spiro atoms. The molecular weight excluding hydrogens is 184 g/mol. The summed E-state index contributed by atoms with van der Waals surface area (Å²) >= 11 is 0. The number of benzene rings is 1. The zero-order valence-corrected chi connectivity index (χ0v) is 9.45. The van der Waals surface area contributed by atoms with Crippen LogP contribution in [0.2, 0.25) is 0 Å². The van der Waals surface area contributed by atoms with Gasteiger partial charge in [0.25, 0.3) is 0 Å². The van der Waals surface area contributed by atoms with Crippen LogP contribution in [0, 0.1) is 5.92 Å². The van der Waals surface area contributed by atoms with Gasteiger partial charge < -0.3 is 5.11 Å². The first-order valence-electron chi connectivity index (χ1n) is 5.94. The maximum absolute atomic E-state index is 10.5. The van der Waals surface area contributed by atoms with Gasteiger partial charge in [-0.2, -0.15) is 0 Å². The lowest BCUT2D eigenvalue weighted by Gasteiger charge is -2.35. The molecule has 1 aliphatic rings. The van der Waals surface area contributed by atoms with Crippen LogP contribution in [-0.4, -0.2) is 10.7 Å². The van der Waals surface area contributed by atoms with Gasteiger partial charge in [0.1, 0.15) is 0 Å². The van der Waals surface area contributed by atoms with E-state index in [1.807, 2.05) is 18.2 Å². The molecule has 0 unspecified atom stereocenters. The predicted octanol–water partition coefficient (Wildman–Crippen LogP) is 3.17. The average Bonchev–Trinajstić information content (AvgIpc) is 2.18. The van der Waals surface area contributed by atoms with Crippen LogP contribution in [-0.2, 0) is 6.42 Å². The van der Waals surface area contributed by atoms with Crippen LogP contribution in [0.3, 0.4) is 0 Å². The van der Waals surface area contributed by atoms with E-state index < -0.39 is 5.60 Å². The molecule has 0 aromatic heterocycles. The van der Waals surface area contributed by atoms with E-state index in [0.717, 1.165) is 19.3 Å². The van der Waals surface area contributed by atoms with Crippen molar-refractivity contribution in [3.63, 3.8) is 0 Å². The summed E-state index contributed by atoms with van der Waals surface area (Å²) in [6.07, 6.45) is 5.19. The summed E-state index contributed by atoms with van der Waals surface area (Å²) < 4.78 is 0.